The van der Waals surface area contributed by atoms with E-state index in [1.54, 1.807) is 0 Å². The molecule has 0 aromatic heterocycles. The highest BCUT2D eigenvalue weighted by atomic mass is 16.5. The summed E-state index contributed by atoms with van der Waals surface area (Å²) < 4.78 is 5.56. The molecule has 1 aromatic carbocycles. The summed E-state index contributed by atoms with van der Waals surface area (Å²) in [6.45, 7) is 8.10. The monoisotopic (exact) mass is 265 g/mol. The average molecular weight is 265 g/mol. The fourth-order valence-corrected chi connectivity index (χ4v) is 2.16. The van der Waals surface area contributed by atoms with Crippen molar-refractivity contribution in [2.75, 3.05) is 26.2 Å². The Morgan fingerprint density at radius 1 is 1.11 bits per heavy atom. The van der Waals surface area contributed by atoms with Gasteiger partial charge in [0.05, 0.1) is 19.3 Å². The molecular weight excluding hydrogens is 238 g/mol. The number of aliphatic hydroxyl groups is 1. The summed E-state index contributed by atoms with van der Waals surface area (Å²) in [4.78, 5) is 2.30. The lowest BCUT2D eigenvalue weighted by atomic mass is 10.2. The first-order valence-corrected chi connectivity index (χ1v) is 7.28. The molecule has 0 aliphatic heterocycles. The van der Waals surface area contributed by atoms with Crippen molar-refractivity contribution in [2.45, 2.75) is 39.4 Å². The number of aliphatic hydroxyl groups excluding tert-OH is 1. The number of ether oxygens (including phenoxy) is 1. The molecule has 0 aliphatic rings. The molecule has 0 bridgehead atoms. The van der Waals surface area contributed by atoms with Gasteiger partial charge < -0.3 is 14.7 Å². The number of benzene rings is 1. The summed E-state index contributed by atoms with van der Waals surface area (Å²) in [5.41, 5.74) is 1.15. The number of nitrogens with zero attached hydrogens (tertiary/aromatic N) is 1. The zero-order valence-corrected chi connectivity index (χ0v) is 12.2. The molecule has 0 fully saturated rings. The summed E-state index contributed by atoms with van der Waals surface area (Å²) >= 11 is 0. The van der Waals surface area contributed by atoms with E-state index in [4.69, 9.17) is 4.74 Å². The Bertz CT molecular complexity index is 310. The summed E-state index contributed by atoms with van der Waals surface area (Å²) in [7, 11) is 0. The highest BCUT2D eigenvalue weighted by molar-refractivity contribution is 5.13. The molecule has 0 amide bonds. The second-order valence-electron chi connectivity index (χ2n) is 4.96. The van der Waals surface area contributed by atoms with E-state index in [0.29, 0.717) is 19.8 Å². The maximum atomic E-state index is 9.98. The molecule has 0 heterocycles. The maximum absolute atomic E-state index is 9.98. The van der Waals surface area contributed by atoms with Crippen LogP contribution in [0.1, 0.15) is 32.3 Å². The lowest BCUT2D eigenvalue weighted by molar-refractivity contribution is 0.00990. The van der Waals surface area contributed by atoms with Gasteiger partial charge in [0, 0.05) is 6.54 Å². The van der Waals surface area contributed by atoms with Gasteiger partial charge in [0.25, 0.3) is 0 Å². The van der Waals surface area contributed by atoms with Crippen LogP contribution in [-0.2, 0) is 11.3 Å². The molecule has 0 spiro atoms. The van der Waals surface area contributed by atoms with Crippen molar-refractivity contribution in [1.82, 2.24) is 4.90 Å². The Labute approximate surface area is 117 Å². The smallest absolute Gasteiger partial charge is 0.0900 e. The van der Waals surface area contributed by atoms with Crippen LogP contribution in [0.4, 0.5) is 0 Å². The van der Waals surface area contributed by atoms with E-state index in [2.05, 4.69) is 18.7 Å². The molecule has 1 aromatic rings. The molecule has 1 N–H and O–H groups in total. The fraction of sp³-hybridized carbons (Fsp3) is 0.625. The van der Waals surface area contributed by atoms with E-state index >= 15 is 0 Å². The molecule has 0 aliphatic carbocycles. The molecule has 0 saturated heterocycles. The van der Waals surface area contributed by atoms with Crippen molar-refractivity contribution in [2.24, 2.45) is 0 Å². The third-order valence-corrected chi connectivity index (χ3v) is 2.97. The van der Waals surface area contributed by atoms with E-state index in [0.717, 1.165) is 31.5 Å². The van der Waals surface area contributed by atoms with Crippen LogP contribution in [0.2, 0.25) is 0 Å². The SMILES string of the molecule is CCCN(CCC)CC(O)COCc1ccccc1. The normalized spacial score (nSPS) is 12.8. The molecule has 3 nitrogen and oxygen atoms in total. The number of hydrogen-bond acceptors (Lipinski definition) is 3. The lowest BCUT2D eigenvalue weighted by Crippen LogP contribution is -2.36. The zero-order chi connectivity index (χ0) is 13.9. The molecule has 1 atom stereocenters. The van der Waals surface area contributed by atoms with Gasteiger partial charge in [-0.2, -0.15) is 0 Å². The Morgan fingerprint density at radius 3 is 2.32 bits per heavy atom. The fourth-order valence-electron chi connectivity index (χ4n) is 2.16. The topological polar surface area (TPSA) is 32.7 Å². The Morgan fingerprint density at radius 2 is 1.74 bits per heavy atom. The van der Waals surface area contributed by atoms with Crippen LogP contribution in [0.3, 0.4) is 0 Å². The first kappa shape index (κ1) is 16.2. The molecule has 0 saturated carbocycles. The third-order valence-electron chi connectivity index (χ3n) is 2.97. The van der Waals surface area contributed by atoms with Crippen molar-refractivity contribution >= 4 is 0 Å². The van der Waals surface area contributed by atoms with Gasteiger partial charge in [-0.1, -0.05) is 44.2 Å². The first-order valence-electron chi connectivity index (χ1n) is 7.28. The molecule has 108 valence electrons. The van der Waals surface area contributed by atoms with E-state index < -0.39 is 6.10 Å². The van der Waals surface area contributed by atoms with Gasteiger partial charge in [-0.25, -0.2) is 0 Å². The van der Waals surface area contributed by atoms with Gasteiger partial charge in [0.2, 0.25) is 0 Å². The Kier molecular flexibility index (Phi) is 8.47. The number of rotatable bonds is 10. The van der Waals surface area contributed by atoms with Crippen LogP contribution in [0.15, 0.2) is 30.3 Å². The van der Waals surface area contributed by atoms with E-state index in [-0.39, 0.29) is 0 Å². The second-order valence-corrected chi connectivity index (χ2v) is 4.96. The van der Waals surface area contributed by atoms with Crippen molar-refractivity contribution in [3.05, 3.63) is 35.9 Å². The van der Waals surface area contributed by atoms with E-state index in [1.165, 1.54) is 0 Å². The predicted octanol–water partition coefficient (Wildman–Crippen LogP) is 2.69. The van der Waals surface area contributed by atoms with E-state index in [9.17, 15) is 5.11 Å². The van der Waals surface area contributed by atoms with Gasteiger partial charge in [-0.3, -0.25) is 0 Å². The zero-order valence-electron chi connectivity index (χ0n) is 12.2. The Balaban J connectivity index is 2.20. The molecule has 1 rings (SSSR count). The first-order chi connectivity index (χ1) is 9.26. The number of hydrogen-bond donors (Lipinski definition) is 1. The maximum Gasteiger partial charge on any atom is 0.0900 e. The van der Waals surface area contributed by atoms with Gasteiger partial charge >= 0.3 is 0 Å². The minimum absolute atomic E-state index is 0.401. The quantitative estimate of drug-likeness (QED) is 0.706. The summed E-state index contributed by atoms with van der Waals surface area (Å²) in [5, 5.41) is 9.98. The summed E-state index contributed by atoms with van der Waals surface area (Å²) in [6, 6.07) is 10.1. The van der Waals surface area contributed by atoms with Crippen molar-refractivity contribution in [1.29, 1.82) is 0 Å². The van der Waals surface area contributed by atoms with Crippen LogP contribution in [-0.4, -0.2) is 42.4 Å². The molecule has 3 heteroatoms. The minimum atomic E-state index is -0.401. The minimum Gasteiger partial charge on any atom is -0.389 e. The molecular formula is C16H27NO2. The van der Waals surface area contributed by atoms with Gasteiger partial charge in [0.15, 0.2) is 0 Å². The molecule has 0 radical (unpaired) electrons. The highest BCUT2D eigenvalue weighted by Gasteiger charge is 2.10. The van der Waals surface area contributed by atoms with Gasteiger partial charge in [0.1, 0.15) is 0 Å². The van der Waals surface area contributed by atoms with Crippen molar-refractivity contribution < 1.29 is 9.84 Å². The average Bonchev–Trinajstić information content (AvgIpc) is 2.40. The van der Waals surface area contributed by atoms with Crippen molar-refractivity contribution in [3.8, 4) is 0 Å². The second kappa shape index (κ2) is 9.96. The van der Waals surface area contributed by atoms with Crippen LogP contribution in [0.5, 0.6) is 0 Å². The van der Waals surface area contributed by atoms with E-state index in [1.807, 2.05) is 30.3 Å². The third kappa shape index (κ3) is 7.31. The van der Waals surface area contributed by atoms with Crippen LogP contribution < -0.4 is 0 Å². The largest absolute Gasteiger partial charge is 0.389 e. The lowest BCUT2D eigenvalue weighted by Gasteiger charge is -2.24. The summed E-state index contributed by atoms with van der Waals surface area (Å²) in [5.74, 6) is 0. The summed E-state index contributed by atoms with van der Waals surface area (Å²) in [6.07, 6.45) is 1.84. The van der Waals surface area contributed by atoms with Gasteiger partial charge in [-0.15, -0.1) is 0 Å². The van der Waals surface area contributed by atoms with Crippen molar-refractivity contribution in [3.63, 3.8) is 0 Å². The highest BCUT2D eigenvalue weighted by Crippen LogP contribution is 2.02. The Hall–Kier alpha value is -0.900. The van der Waals surface area contributed by atoms with Crippen LogP contribution in [0, 0.1) is 0 Å². The predicted molar refractivity (Wildman–Crippen MR) is 79.1 cm³/mol. The van der Waals surface area contributed by atoms with Gasteiger partial charge in [-0.05, 0) is 31.5 Å². The van der Waals surface area contributed by atoms with Crippen LogP contribution in [0.25, 0.3) is 0 Å². The standard InChI is InChI=1S/C16H27NO2/c1-3-10-17(11-4-2)12-16(18)14-19-13-15-8-6-5-7-9-15/h5-9,16,18H,3-4,10-14H2,1-2H3. The molecule has 19 heavy (non-hydrogen) atoms. The molecule has 1 unspecified atom stereocenters. The van der Waals surface area contributed by atoms with Crippen LogP contribution >= 0.6 is 0 Å².